The number of alkyl halides is 1. The van der Waals surface area contributed by atoms with Gasteiger partial charge < -0.3 is 0 Å². The third kappa shape index (κ3) is 6.54. The van der Waals surface area contributed by atoms with E-state index < -0.39 is 8.69 Å². The molecule has 0 aliphatic carbocycles. The number of hydrogen-bond donors (Lipinski definition) is 0. The topological polar surface area (TPSA) is 26.3 Å². The van der Waals surface area contributed by atoms with E-state index in [1.807, 2.05) is 0 Å². The van der Waals surface area contributed by atoms with Crippen LogP contribution in [0.5, 0.6) is 0 Å². The molecule has 1 unspecified atom stereocenters. The van der Waals surface area contributed by atoms with Gasteiger partial charge in [-0.1, -0.05) is 15.9 Å². The average Bonchev–Trinajstić information content (AvgIpc) is 1.69. The molecule has 7 heavy (non-hydrogen) atoms. The molecule has 0 N–H and O–H groups in total. The van der Waals surface area contributed by atoms with Crippen molar-refractivity contribution in [1.82, 2.24) is 0 Å². The normalized spacial score (nSPS) is 9.86. The minimum Gasteiger partial charge on any atom is -0.148 e. The molecule has 0 amide bonds. The Morgan fingerprint density at radius 3 is 2.86 bits per heavy atom. The lowest BCUT2D eigenvalue weighted by Gasteiger charge is -1.80. The zero-order valence-electron chi connectivity index (χ0n) is 3.82. The first kappa shape index (κ1) is 7.54. The molecule has 0 bridgehead atoms. The lowest BCUT2D eigenvalue weighted by molar-refractivity contribution is 0.344. The van der Waals surface area contributed by atoms with E-state index in [2.05, 4.69) is 20.5 Å². The van der Waals surface area contributed by atoms with Crippen LogP contribution in [0, 0.1) is 0 Å². The first-order chi connectivity index (χ1) is 3.41. The van der Waals surface area contributed by atoms with Crippen LogP contribution in [0.3, 0.4) is 0 Å². The van der Waals surface area contributed by atoms with Crippen LogP contribution in [0.2, 0.25) is 0 Å². The maximum Gasteiger partial charge on any atom is 0.494 e. The number of halogens is 1. The first-order valence-electron chi connectivity index (χ1n) is 1.96. The molecule has 42 valence electrons. The van der Waals surface area contributed by atoms with E-state index in [-0.39, 0.29) is 0 Å². The van der Waals surface area contributed by atoms with Gasteiger partial charge in [0.15, 0.2) is 0 Å². The van der Waals surface area contributed by atoms with Crippen molar-refractivity contribution >= 4 is 24.6 Å². The Hall–Kier alpha value is 0.540. The van der Waals surface area contributed by atoms with Crippen LogP contribution in [0.15, 0.2) is 0 Å². The second-order valence-electron chi connectivity index (χ2n) is 0.974. The van der Waals surface area contributed by atoms with Crippen LogP contribution in [0.1, 0.15) is 6.42 Å². The molecule has 0 heterocycles. The molecule has 0 aliphatic rings. The Balaban J connectivity index is 2.56. The van der Waals surface area contributed by atoms with Crippen molar-refractivity contribution in [2.45, 2.75) is 6.42 Å². The van der Waals surface area contributed by atoms with Gasteiger partial charge in [-0.15, -0.1) is 4.52 Å². The monoisotopic (exact) mass is 185 g/mol. The van der Waals surface area contributed by atoms with Crippen LogP contribution in [0.25, 0.3) is 0 Å². The van der Waals surface area contributed by atoms with E-state index in [9.17, 15) is 4.57 Å². The molecule has 1 atom stereocenters. The van der Waals surface area contributed by atoms with Crippen LogP contribution in [-0.4, -0.2) is 11.9 Å². The molecule has 0 fully saturated rings. The number of rotatable bonds is 4. The third-order valence-electron chi connectivity index (χ3n) is 0.439. The first-order valence-corrected chi connectivity index (χ1v) is 3.90. The largest absolute Gasteiger partial charge is 0.494 e. The van der Waals surface area contributed by atoms with Gasteiger partial charge in [-0.3, -0.25) is 0 Å². The predicted molar refractivity (Wildman–Crippen MR) is 33.4 cm³/mol. The molecule has 2 nitrogen and oxygen atoms in total. The highest BCUT2D eigenvalue weighted by Crippen LogP contribution is 1.96. The molecule has 0 radical (unpaired) electrons. The average molecular weight is 186 g/mol. The highest BCUT2D eigenvalue weighted by atomic mass is 79.9. The van der Waals surface area contributed by atoms with Gasteiger partial charge >= 0.3 is 8.69 Å². The second kappa shape index (κ2) is 6.54. The van der Waals surface area contributed by atoms with Crippen LogP contribution >= 0.6 is 24.6 Å². The second-order valence-corrected chi connectivity index (χ2v) is 2.22. The fraction of sp³-hybridized carbons (Fsp3) is 1.00. The molecule has 0 aromatic heterocycles. The zero-order chi connectivity index (χ0) is 5.54. The van der Waals surface area contributed by atoms with Crippen molar-refractivity contribution in [3.8, 4) is 0 Å². The van der Waals surface area contributed by atoms with E-state index >= 15 is 0 Å². The van der Waals surface area contributed by atoms with Gasteiger partial charge in [-0.05, 0) is 11.0 Å². The number of hydrogen-bond acceptors (Lipinski definition) is 2. The molecule has 0 rings (SSSR count). The Labute approximate surface area is 52.7 Å². The van der Waals surface area contributed by atoms with Crippen LogP contribution in [0.4, 0.5) is 0 Å². The summed E-state index contributed by atoms with van der Waals surface area (Å²) in [4.78, 5) is 0. The Bertz CT molecular complexity index is 50.2. The lowest BCUT2D eigenvalue weighted by Crippen LogP contribution is -1.82. The van der Waals surface area contributed by atoms with Crippen molar-refractivity contribution in [3.05, 3.63) is 0 Å². The van der Waals surface area contributed by atoms with E-state index in [0.717, 1.165) is 11.8 Å². The molecular formula is C3H7BrO2P+. The van der Waals surface area contributed by atoms with Crippen molar-refractivity contribution in [2.75, 3.05) is 11.9 Å². The van der Waals surface area contributed by atoms with E-state index in [1.54, 1.807) is 0 Å². The summed E-state index contributed by atoms with van der Waals surface area (Å²) in [5, 5.41) is 0.914. The van der Waals surface area contributed by atoms with Crippen molar-refractivity contribution in [2.24, 2.45) is 0 Å². The van der Waals surface area contributed by atoms with Crippen molar-refractivity contribution < 1.29 is 9.09 Å². The molecule has 0 saturated heterocycles. The molecule has 4 heteroatoms. The summed E-state index contributed by atoms with van der Waals surface area (Å²) in [5.41, 5.74) is 0. The van der Waals surface area contributed by atoms with Crippen molar-refractivity contribution in [3.63, 3.8) is 0 Å². The summed E-state index contributed by atoms with van der Waals surface area (Å²) in [6, 6.07) is 0. The van der Waals surface area contributed by atoms with Crippen molar-refractivity contribution in [1.29, 1.82) is 0 Å². The van der Waals surface area contributed by atoms with E-state index in [0.29, 0.717) is 6.61 Å². The van der Waals surface area contributed by atoms with Crippen LogP contribution in [-0.2, 0) is 9.09 Å². The molecular weight excluding hydrogens is 179 g/mol. The van der Waals surface area contributed by atoms with Gasteiger partial charge in [-0.25, -0.2) is 0 Å². The van der Waals surface area contributed by atoms with Gasteiger partial charge in [0.25, 0.3) is 0 Å². The SMILES string of the molecule is O=[PH+]OCCCBr. The van der Waals surface area contributed by atoms with Gasteiger partial charge in [0.2, 0.25) is 0 Å². The summed E-state index contributed by atoms with van der Waals surface area (Å²) in [7, 11) is -0.603. The molecule has 0 spiro atoms. The smallest absolute Gasteiger partial charge is 0.148 e. The minimum absolute atomic E-state index is 0.590. The predicted octanol–water partition coefficient (Wildman–Crippen LogP) is 1.73. The quantitative estimate of drug-likeness (QED) is 0.379. The van der Waals surface area contributed by atoms with E-state index in [4.69, 9.17) is 0 Å². The zero-order valence-corrected chi connectivity index (χ0v) is 6.40. The van der Waals surface area contributed by atoms with Gasteiger partial charge in [-0.2, -0.15) is 0 Å². The lowest BCUT2D eigenvalue weighted by atomic mass is 10.5. The minimum atomic E-state index is -0.603. The Morgan fingerprint density at radius 1 is 1.71 bits per heavy atom. The highest BCUT2D eigenvalue weighted by Gasteiger charge is 1.87. The van der Waals surface area contributed by atoms with E-state index in [1.165, 1.54) is 0 Å². The molecule has 0 aromatic rings. The summed E-state index contributed by atoms with van der Waals surface area (Å²) < 4.78 is 14.1. The summed E-state index contributed by atoms with van der Waals surface area (Å²) in [5.74, 6) is 0. The maximum absolute atomic E-state index is 9.59. The third-order valence-corrected chi connectivity index (χ3v) is 1.32. The summed E-state index contributed by atoms with van der Waals surface area (Å²) in [6.45, 7) is 0.590. The molecule has 0 aromatic carbocycles. The summed E-state index contributed by atoms with van der Waals surface area (Å²) >= 11 is 3.20. The van der Waals surface area contributed by atoms with Gasteiger partial charge in [0, 0.05) is 5.33 Å². The van der Waals surface area contributed by atoms with Gasteiger partial charge in [0.1, 0.15) is 6.61 Å². The highest BCUT2D eigenvalue weighted by molar-refractivity contribution is 9.09. The fourth-order valence-corrected chi connectivity index (χ4v) is 0.625. The summed E-state index contributed by atoms with van der Waals surface area (Å²) in [6.07, 6.45) is 0.926. The maximum atomic E-state index is 9.59. The Kier molecular flexibility index (Phi) is 7.04. The standard InChI is InChI=1S/C3H7BrO2P/c4-2-1-3-6-7-5/h7H,1-3H2/q+1. The molecule has 0 saturated carbocycles. The Morgan fingerprint density at radius 2 is 2.43 bits per heavy atom. The fourth-order valence-electron chi connectivity index (χ4n) is 0.168. The van der Waals surface area contributed by atoms with Crippen LogP contribution < -0.4 is 0 Å². The van der Waals surface area contributed by atoms with Gasteiger partial charge in [0.05, 0.1) is 0 Å². The molecule has 0 aliphatic heterocycles.